The van der Waals surface area contributed by atoms with Crippen molar-refractivity contribution in [3.63, 3.8) is 0 Å². The van der Waals surface area contributed by atoms with E-state index in [2.05, 4.69) is 27.1 Å². The number of piperidine rings is 1. The summed E-state index contributed by atoms with van der Waals surface area (Å²) >= 11 is 0. The van der Waals surface area contributed by atoms with Crippen molar-refractivity contribution in [2.24, 2.45) is 5.92 Å². The summed E-state index contributed by atoms with van der Waals surface area (Å²) in [4.78, 5) is 24.2. The topological polar surface area (TPSA) is 120 Å². The van der Waals surface area contributed by atoms with Crippen molar-refractivity contribution < 1.29 is 24.1 Å². The van der Waals surface area contributed by atoms with E-state index in [1.807, 2.05) is 52.8 Å². The van der Waals surface area contributed by atoms with E-state index in [1.165, 1.54) is 6.07 Å². The molecule has 1 aliphatic carbocycles. The lowest BCUT2D eigenvalue weighted by atomic mass is 9.91. The van der Waals surface area contributed by atoms with Gasteiger partial charge in [-0.2, -0.15) is 0 Å². The fraction of sp³-hybridized carbons (Fsp3) is 0.472. The molecule has 1 fully saturated rings. The van der Waals surface area contributed by atoms with Crippen molar-refractivity contribution in [1.82, 2.24) is 15.3 Å². The maximum absolute atomic E-state index is 14.9. The number of anilines is 2. The van der Waals surface area contributed by atoms with Crippen molar-refractivity contribution in [1.29, 1.82) is 0 Å². The third kappa shape index (κ3) is 7.50. The maximum atomic E-state index is 14.9. The molecule has 1 saturated heterocycles. The molecule has 0 bridgehead atoms. The number of ether oxygens (including phenoxy) is 1. The number of carbonyl (C=O) groups excluding carboxylic acids is 1. The monoisotopic (exact) mass is 633 g/mol. The van der Waals surface area contributed by atoms with E-state index >= 15 is 0 Å². The first-order valence-corrected chi connectivity index (χ1v) is 16.0. The number of aryl methyl sites for hydroxylation is 2. The number of amides is 1. The highest BCUT2D eigenvalue weighted by Crippen LogP contribution is 2.42. The number of halogens is 1. The molecule has 10 heteroatoms. The van der Waals surface area contributed by atoms with Crippen molar-refractivity contribution >= 4 is 23.2 Å². The Kier molecular flexibility index (Phi) is 10.7. The first-order valence-electron chi connectivity index (χ1n) is 16.0. The molecule has 1 unspecified atom stereocenters. The lowest BCUT2D eigenvalue weighted by Crippen LogP contribution is -2.59. The first kappa shape index (κ1) is 34.8. The van der Waals surface area contributed by atoms with Gasteiger partial charge in [0.25, 0.3) is 0 Å². The highest BCUT2D eigenvalue weighted by molar-refractivity contribution is 5.84. The molecule has 9 nitrogen and oxygen atoms in total. The maximum Gasteiger partial charge on any atom is 0.408 e. The zero-order valence-electron chi connectivity index (χ0n) is 28.2. The molecule has 5 rings (SSSR count). The van der Waals surface area contributed by atoms with Gasteiger partial charge in [-0.1, -0.05) is 45.5 Å². The molecule has 2 aliphatic rings. The average molecular weight is 634 g/mol. The Bertz CT molecular complexity index is 1570. The predicted octanol–water partition coefficient (Wildman–Crippen LogP) is 6.70. The minimum Gasteiger partial charge on any atom is -0.444 e. The van der Waals surface area contributed by atoms with Crippen LogP contribution in [0.5, 0.6) is 0 Å². The van der Waals surface area contributed by atoms with Crippen molar-refractivity contribution in [2.75, 3.05) is 23.3 Å². The summed E-state index contributed by atoms with van der Waals surface area (Å²) in [6.07, 6.45) is 0.811. The smallest absolute Gasteiger partial charge is 0.408 e. The third-order valence-electron chi connectivity index (χ3n) is 8.26. The number of nitrogens with one attached hydrogen (secondary N) is 2. The summed E-state index contributed by atoms with van der Waals surface area (Å²) in [6.45, 7) is 20.2. The van der Waals surface area contributed by atoms with Crippen LogP contribution in [-0.4, -0.2) is 57.1 Å². The quantitative estimate of drug-likeness (QED) is 0.237. The molecule has 46 heavy (non-hydrogen) atoms. The van der Waals surface area contributed by atoms with Gasteiger partial charge in [-0.05, 0) is 70.7 Å². The second-order valence-corrected chi connectivity index (χ2v) is 13.0. The summed E-state index contributed by atoms with van der Waals surface area (Å²) in [5.74, 6) is -0.517. The van der Waals surface area contributed by atoms with Crippen LogP contribution in [0.1, 0.15) is 82.1 Å². The summed E-state index contributed by atoms with van der Waals surface area (Å²) in [5.41, 5.74) is 6.03. The van der Waals surface area contributed by atoms with Crippen molar-refractivity contribution in [3.8, 4) is 11.3 Å². The van der Waals surface area contributed by atoms with Gasteiger partial charge in [0.2, 0.25) is 0 Å². The second kappa shape index (κ2) is 14.2. The normalized spacial score (nSPS) is 20.7. The lowest BCUT2D eigenvalue weighted by Gasteiger charge is -2.43. The number of hydrogen-bond donors (Lipinski definition) is 4. The van der Waals surface area contributed by atoms with E-state index < -0.39 is 29.9 Å². The molecule has 1 aliphatic heterocycles. The molecular formula is C36H48FN5O4. The number of aliphatic hydroxyl groups is 2. The van der Waals surface area contributed by atoms with E-state index in [0.29, 0.717) is 60.0 Å². The van der Waals surface area contributed by atoms with Crippen LogP contribution in [0.2, 0.25) is 0 Å². The molecule has 248 valence electrons. The number of benzene rings is 1. The number of aliphatic hydroxyl groups excluding tert-OH is 2. The van der Waals surface area contributed by atoms with E-state index in [1.54, 1.807) is 33.0 Å². The van der Waals surface area contributed by atoms with E-state index in [4.69, 9.17) is 9.72 Å². The van der Waals surface area contributed by atoms with Crippen LogP contribution in [-0.2, 0) is 11.2 Å². The molecule has 1 amide bonds. The van der Waals surface area contributed by atoms with E-state index in [-0.39, 0.29) is 11.7 Å². The number of nitrogens with zero attached hydrogens (tertiary/aromatic N) is 3. The minimum absolute atomic E-state index is 0.180. The van der Waals surface area contributed by atoms with Crippen LogP contribution in [0.4, 0.5) is 20.6 Å². The Labute approximate surface area is 271 Å². The minimum atomic E-state index is -0.775. The zero-order chi connectivity index (χ0) is 33.9. The lowest BCUT2D eigenvalue weighted by molar-refractivity contribution is 0.0303. The Morgan fingerprint density at radius 2 is 1.83 bits per heavy atom. The fourth-order valence-corrected chi connectivity index (χ4v) is 6.11. The van der Waals surface area contributed by atoms with E-state index in [0.717, 1.165) is 22.4 Å². The van der Waals surface area contributed by atoms with Gasteiger partial charge in [-0.25, -0.2) is 14.2 Å². The molecule has 2 aromatic heterocycles. The highest BCUT2D eigenvalue weighted by atomic mass is 19.1. The third-order valence-corrected chi connectivity index (χ3v) is 8.26. The molecule has 1 aromatic carbocycles. The van der Waals surface area contributed by atoms with Crippen molar-refractivity contribution in [3.05, 3.63) is 77.0 Å². The number of carbonyl (C=O) groups is 1. The first-order chi connectivity index (χ1) is 21.7. The Hall–Kier alpha value is -4.02. The van der Waals surface area contributed by atoms with Crippen LogP contribution in [0.15, 0.2) is 43.1 Å². The molecule has 0 spiro atoms. The van der Waals surface area contributed by atoms with Crippen LogP contribution in [0.25, 0.3) is 17.0 Å². The van der Waals surface area contributed by atoms with Gasteiger partial charge in [-0.3, -0.25) is 4.98 Å². The van der Waals surface area contributed by atoms with Gasteiger partial charge in [0.1, 0.15) is 11.4 Å². The number of fused-ring (bicyclic) bond motifs is 1. The van der Waals surface area contributed by atoms with Crippen LogP contribution in [0.3, 0.4) is 0 Å². The fourth-order valence-electron chi connectivity index (χ4n) is 6.11. The number of hydrogen-bond acceptors (Lipinski definition) is 8. The SMILES string of the molecule is C=C(Nc1cnc2c(c1N1C[C@H](C)[C@@H](O)[C@H](NC(=O)OC(C)(C)C)C1)CCC2O)c1ccc(C)c(-c2c(C)cccc2F)n1.CC. The van der Waals surface area contributed by atoms with Gasteiger partial charge < -0.3 is 30.5 Å². The highest BCUT2D eigenvalue weighted by Gasteiger charge is 2.38. The largest absolute Gasteiger partial charge is 0.444 e. The van der Waals surface area contributed by atoms with Gasteiger partial charge >= 0.3 is 6.09 Å². The number of pyridine rings is 2. The second-order valence-electron chi connectivity index (χ2n) is 13.0. The van der Waals surface area contributed by atoms with Crippen LogP contribution < -0.4 is 15.5 Å². The summed E-state index contributed by atoms with van der Waals surface area (Å²) in [5, 5.41) is 27.9. The Morgan fingerprint density at radius 3 is 2.50 bits per heavy atom. The standard InChI is InChI=1S/C34H42FN5O4.C2H6/c1-18-9-8-10-23(35)28(18)29-19(2)11-13-24(38-29)21(4)37-25-15-36-30-22(12-14-27(30)41)31(25)40-16-20(3)32(42)26(17-40)39-33(43)44-34(5,6)7;1-2/h8-11,13,15,20,26-27,32,37,41-42H,4,12,14,16-17H2,1-3,5-7H3,(H,39,43);1-2H3/t20-,26+,27?,32+;/m0./s1. The molecule has 0 radical (unpaired) electrons. The van der Waals surface area contributed by atoms with Gasteiger partial charge in [0, 0.05) is 30.1 Å². The molecule has 0 saturated carbocycles. The van der Waals surface area contributed by atoms with Gasteiger partial charge in [-0.15, -0.1) is 0 Å². The van der Waals surface area contributed by atoms with Crippen LogP contribution in [0, 0.1) is 25.6 Å². The zero-order valence-corrected chi connectivity index (χ0v) is 28.2. The number of rotatable bonds is 6. The Morgan fingerprint density at radius 1 is 1.11 bits per heavy atom. The molecule has 4 N–H and O–H groups in total. The molecular weight excluding hydrogens is 585 g/mol. The molecule has 4 atom stereocenters. The van der Waals surface area contributed by atoms with Crippen LogP contribution >= 0.6 is 0 Å². The van der Waals surface area contributed by atoms with Gasteiger partial charge in [0.05, 0.1) is 58.6 Å². The van der Waals surface area contributed by atoms with E-state index in [9.17, 15) is 19.4 Å². The average Bonchev–Trinajstić information content (AvgIpc) is 3.36. The molecule has 3 heterocycles. The summed E-state index contributed by atoms with van der Waals surface area (Å²) in [6, 6.07) is 8.12. The van der Waals surface area contributed by atoms with Gasteiger partial charge in [0.15, 0.2) is 0 Å². The predicted molar refractivity (Wildman–Crippen MR) is 181 cm³/mol. The molecule has 3 aromatic rings. The summed E-state index contributed by atoms with van der Waals surface area (Å²) in [7, 11) is 0. The van der Waals surface area contributed by atoms with Crippen molar-refractivity contribution in [2.45, 2.75) is 92.1 Å². The Balaban J connectivity index is 0.00000235. The number of aromatic nitrogens is 2. The summed E-state index contributed by atoms with van der Waals surface area (Å²) < 4.78 is 20.4. The number of alkyl carbamates (subject to hydrolysis) is 1.